The standard InChI is InChI=1S/C18H30N2O/c1-2-18(3-4-19-12-18)16(21)20-11-17-8-13-5-14(9-17)7-15(6-13)10-17/h13-15,19H,2-12H2,1H3,(H,20,21). The highest BCUT2D eigenvalue weighted by atomic mass is 16.2. The van der Waals surface area contributed by atoms with E-state index >= 15 is 0 Å². The van der Waals surface area contributed by atoms with Crippen molar-refractivity contribution in [3.05, 3.63) is 0 Å². The first kappa shape index (κ1) is 14.0. The van der Waals surface area contributed by atoms with E-state index in [9.17, 15) is 4.79 Å². The highest BCUT2D eigenvalue weighted by Gasteiger charge is 2.51. The molecule has 0 aromatic heterocycles. The topological polar surface area (TPSA) is 41.1 Å². The van der Waals surface area contributed by atoms with E-state index in [1.165, 1.54) is 38.5 Å². The molecule has 5 rings (SSSR count). The molecular formula is C18H30N2O. The number of hydrogen-bond acceptors (Lipinski definition) is 2. The van der Waals surface area contributed by atoms with Gasteiger partial charge in [0.1, 0.15) is 0 Å². The molecule has 1 heterocycles. The van der Waals surface area contributed by atoms with Crippen molar-refractivity contribution in [1.82, 2.24) is 10.6 Å². The molecule has 21 heavy (non-hydrogen) atoms. The van der Waals surface area contributed by atoms with Gasteiger partial charge in [-0.2, -0.15) is 0 Å². The monoisotopic (exact) mass is 290 g/mol. The van der Waals surface area contributed by atoms with Crippen molar-refractivity contribution in [1.29, 1.82) is 0 Å². The molecule has 3 nitrogen and oxygen atoms in total. The minimum Gasteiger partial charge on any atom is -0.355 e. The average molecular weight is 290 g/mol. The summed E-state index contributed by atoms with van der Waals surface area (Å²) in [6.45, 7) is 4.99. The molecule has 118 valence electrons. The lowest BCUT2D eigenvalue weighted by molar-refractivity contribution is -0.132. The fourth-order valence-electron chi connectivity index (χ4n) is 6.36. The molecule has 1 unspecified atom stereocenters. The van der Waals surface area contributed by atoms with Gasteiger partial charge in [-0.05, 0) is 81.1 Å². The molecule has 3 heteroatoms. The number of nitrogens with one attached hydrogen (secondary N) is 2. The zero-order valence-corrected chi connectivity index (χ0v) is 13.4. The van der Waals surface area contributed by atoms with Gasteiger partial charge in [-0.1, -0.05) is 6.92 Å². The summed E-state index contributed by atoms with van der Waals surface area (Å²) in [4.78, 5) is 12.7. The Hall–Kier alpha value is -0.570. The van der Waals surface area contributed by atoms with Crippen LogP contribution in [0.3, 0.4) is 0 Å². The van der Waals surface area contributed by atoms with Gasteiger partial charge in [0.15, 0.2) is 0 Å². The Kier molecular flexibility index (Phi) is 3.33. The summed E-state index contributed by atoms with van der Waals surface area (Å²) in [6, 6.07) is 0. The smallest absolute Gasteiger partial charge is 0.227 e. The van der Waals surface area contributed by atoms with Gasteiger partial charge in [-0.3, -0.25) is 4.79 Å². The summed E-state index contributed by atoms with van der Waals surface area (Å²) in [5, 5.41) is 6.77. The van der Waals surface area contributed by atoms with Crippen LogP contribution in [0.1, 0.15) is 58.3 Å². The van der Waals surface area contributed by atoms with Gasteiger partial charge in [0.05, 0.1) is 5.41 Å². The van der Waals surface area contributed by atoms with E-state index in [4.69, 9.17) is 0 Å². The molecule has 0 aromatic rings. The van der Waals surface area contributed by atoms with Crippen LogP contribution in [0, 0.1) is 28.6 Å². The van der Waals surface area contributed by atoms with E-state index in [0.29, 0.717) is 11.3 Å². The lowest BCUT2D eigenvalue weighted by Crippen LogP contribution is -2.53. The van der Waals surface area contributed by atoms with Crippen molar-refractivity contribution in [3.63, 3.8) is 0 Å². The second-order valence-electron chi connectivity index (χ2n) is 8.66. The third-order valence-electron chi connectivity index (χ3n) is 7.19. The molecule has 1 aliphatic heterocycles. The minimum absolute atomic E-state index is 0.123. The zero-order valence-electron chi connectivity index (χ0n) is 13.4. The maximum Gasteiger partial charge on any atom is 0.227 e. The summed E-state index contributed by atoms with van der Waals surface area (Å²) in [7, 11) is 0. The summed E-state index contributed by atoms with van der Waals surface area (Å²) < 4.78 is 0. The van der Waals surface area contributed by atoms with Crippen molar-refractivity contribution >= 4 is 5.91 Å². The molecule has 2 N–H and O–H groups in total. The molecule has 0 aromatic carbocycles. The van der Waals surface area contributed by atoms with Crippen LogP contribution in [0.15, 0.2) is 0 Å². The van der Waals surface area contributed by atoms with Gasteiger partial charge in [-0.25, -0.2) is 0 Å². The number of hydrogen-bond donors (Lipinski definition) is 2. The second kappa shape index (κ2) is 4.97. The molecule has 5 fully saturated rings. The molecule has 0 radical (unpaired) electrons. The average Bonchev–Trinajstić information content (AvgIpc) is 2.93. The summed E-state index contributed by atoms with van der Waals surface area (Å²) in [5.74, 6) is 3.25. The first-order valence-corrected chi connectivity index (χ1v) is 9.12. The van der Waals surface area contributed by atoms with E-state index in [1.807, 2.05) is 0 Å². The van der Waals surface area contributed by atoms with Gasteiger partial charge in [0.2, 0.25) is 5.91 Å². The maximum atomic E-state index is 12.7. The summed E-state index contributed by atoms with van der Waals surface area (Å²) >= 11 is 0. The third-order valence-corrected chi connectivity index (χ3v) is 7.19. The summed E-state index contributed by atoms with van der Waals surface area (Å²) in [5.41, 5.74) is 0.341. The van der Waals surface area contributed by atoms with E-state index in [2.05, 4.69) is 17.6 Å². The lowest BCUT2D eigenvalue weighted by Gasteiger charge is -2.57. The van der Waals surface area contributed by atoms with Crippen molar-refractivity contribution in [3.8, 4) is 0 Å². The Bertz CT molecular complexity index is 390. The normalized spacial score (nSPS) is 47.8. The van der Waals surface area contributed by atoms with Gasteiger partial charge < -0.3 is 10.6 Å². The molecule has 4 bridgehead atoms. The van der Waals surface area contributed by atoms with Crippen molar-refractivity contribution < 1.29 is 4.79 Å². The molecule has 5 aliphatic rings. The Morgan fingerprint density at radius 2 is 1.76 bits per heavy atom. The highest BCUT2D eigenvalue weighted by Crippen LogP contribution is 2.59. The Morgan fingerprint density at radius 1 is 1.14 bits per heavy atom. The number of carbonyl (C=O) groups is 1. The zero-order chi connectivity index (χ0) is 14.5. The van der Waals surface area contributed by atoms with Gasteiger partial charge in [0.25, 0.3) is 0 Å². The fraction of sp³-hybridized carbons (Fsp3) is 0.944. The molecular weight excluding hydrogens is 260 g/mol. The second-order valence-corrected chi connectivity index (χ2v) is 8.66. The van der Waals surface area contributed by atoms with E-state index < -0.39 is 0 Å². The molecule has 4 aliphatic carbocycles. The van der Waals surface area contributed by atoms with Crippen LogP contribution in [-0.2, 0) is 4.79 Å². The largest absolute Gasteiger partial charge is 0.355 e. The Morgan fingerprint density at radius 3 is 2.24 bits per heavy atom. The summed E-state index contributed by atoms with van der Waals surface area (Å²) in [6.07, 6.45) is 10.6. The van der Waals surface area contributed by atoms with Crippen LogP contribution in [0.4, 0.5) is 0 Å². The number of carbonyl (C=O) groups excluding carboxylic acids is 1. The SMILES string of the molecule is CCC1(C(=O)NCC23CC4CC(CC(C4)C2)C3)CCNC1. The van der Waals surface area contributed by atoms with Crippen LogP contribution >= 0.6 is 0 Å². The Balaban J connectivity index is 1.41. The predicted molar refractivity (Wildman–Crippen MR) is 83.8 cm³/mol. The van der Waals surface area contributed by atoms with Crippen molar-refractivity contribution in [2.45, 2.75) is 58.3 Å². The van der Waals surface area contributed by atoms with Crippen molar-refractivity contribution in [2.24, 2.45) is 28.6 Å². The molecule has 0 spiro atoms. The third kappa shape index (κ3) is 2.32. The molecule has 4 saturated carbocycles. The first-order valence-electron chi connectivity index (χ1n) is 9.12. The van der Waals surface area contributed by atoms with Crippen LogP contribution in [-0.4, -0.2) is 25.5 Å². The first-order chi connectivity index (χ1) is 10.1. The van der Waals surface area contributed by atoms with Gasteiger partial charge in [0, 0.05) is 13.1 Å². The van der Waals surface area contributed by atoms with Gasteiger partial charge in [-0.15, -0.1) is 0 Å². The van der Waals surface area contributed by atoms with E-state index in [0.717, 1.165) is 50.2 Å². The van der Waals surface area contributed by atoms with Crippen LogP contribution < -0.4 is 10.6 Å². The van der Waals surface area contributed by atoms with E-state index in [-0.39, 0.29) is 5.41 Å². The van der Waals surface area contributed by atoms with Gasteiger partial charge >= 0.3 is 0 Å². The number of amides is 1. The van der Waals surface area contributed by atoms with Crippen LogP contribution in [0.5, 0.6) is 0 Å². The Labute approximate surface area is 128 Å². The maximum absolute atomic E-state index is 12.7. The van der Waals surface area contributed by atoms with Crippen LogP contribution in [0.25, 0.3) is 0 Å². The van der Waals surface area contributed by atoms with Crippen LogP contribution in [0.2, 0.25) is 0 Å². The molecule has 1 amide bonds. The minimum atomic E-state index is -0.123. The molecule has 1 atom stereocenters. The molecule has 1 saturated heterocycles. The predicted octanol–water partition coefficient (Wildman–Crippen LogP) is 2.71. The van der Waals surface area contributed by atoms with E-state index in [1.54, 1.807) is 0 Å². The lowest BCUT2D eigenvalue weighted by atomic mass is 9.49. The van der Waals surface area contributed by atoms with Crippen molar-refractivity contribution in [2.75, 3.05) is 19.6 Å². The number of rotatable bonds is 4. The highest BCUT2D eigenvalue weighted by molar-refractivity contribution is 5.83. The quantitative estimate of drug-likeness (QED) is 0.836. The fourth-order valence-corrected chi connectivity index (χ4v) is 6.36.